The third-order valence-electron chi connectivity index (χ3n) is 5.10. The fourth-order valence-corrected chi connectivity index (χ4v) is 4.47. The average molecular weight is 445 g/mol. The maximum atomic E-state index is 13.9. The zero-order valence-electron chi connectivity index (χ0n) is 16.7. The van der Waals surface area contributed by atoms with E-state index < -0.39 is 23.7 Å². The van der Waals surface area contributed by atoms with E-state index in [4.69, 9.17) is 0 Å². The van der Waals surface area contributed by atoms with Crippen LogP contribution in [0.15, 0.2) is 53.5 Å². The van der Waals surface area contributed by atoms with Crippen LogP contribution in [-0.2, 0) is 9.59 Å². The number of rotatable bonds is 5. The van der Waals surface area contributed by atoms with Gasteiger partial charge < -0.3 is 4.90 Å². The van der Waals surface area contributed by atoms with E-state index in [1.807, 2.05) is 37.3 Å². The molecule has 2 amide bonds. The second-order valence-electron chi connectivity index (χ2n) is 7.02. The van der Waals surface area contributed by atoms with E-state index in [2.05, 4.69) is 15.8 Å². The number of amidine groups is 1. The summed E-state index contributed by atoms with van der Waals surface area (Å²) in [5.41, 5.74) is 6.77. The molecule has 0 radical (unpaired) electrons. The lowest BCUT2D eigenvalue weighted by atomic mass is 10.0. The number of aliphatic imine (C=N–C) groups is 1. The molecule has 2 aromatic rings. The molecule has 0 bridgehead atoms. The van der Waals surface area contributed by atoms with E-state index in [1.54, 1.807) is 4.90 Å². The Balaban J connectivity index is 1.58. The highest BCUT2D eigenvalue weighted by Gasteiger charge is 2.42. The molecule has 2 heterocycles. The molecule has 1 saturated heterocycles. The number of hydrazine groups is 1. The minimum absolute atomic E-state index is 0.0276. The molecule has 2 N–H and O–H groups in total. The topological polar surface area (TPSA) is 77.0 Å². The lowest BCUT2D eigenvalue weighted by Crippen LogP contribution is -2.49. The van der Waals surface area contributed by atoms with Crippen molar-refractivity contribution in [2.75, 3.05) is 28.6 Å². The number of carbonyl (C=O) groups is 2. The number of thioether (sulfide) groups is 1. The molecular formula is C21H21F2N5O2S. The number of hydrogen-bond acceptors (Lipinski definition) is 6. The van der Waals surface area contributed by atoms with Crippen molar-refractivity contribution in [1.29, 1.82) is 0 Å². The molecule has 4 rings (SSSR count). The summed E-state index contributed by atoms with van der Waals surface area (Å²) in [4.78, 5) is 33.4. The Morgan fingerprint density at radius 2 is 2.00 bits per heavy atom. The van der Waals surface area contributed by atoms with Crippen LogP contribution in [0.3, 0.4) is 0 Å². The van der Waals surface area contributed by atoms with Crippen LogP contribution in [0.2, 0.25) is 0 Å². The predicted molar refractivity (Wildman–Crippen MR) is 117 cm³/mol. The van der Waals surface area contributed by atoms with Crippen LogP contribution in [0, 0.1) is 17.6 Å². The van der Waals surface area contributed by atoms with Crippen molar-refractivity contribution in [3.63, 3.8) is 0 Å². The fraction of sp³-hybridized carbons (Fsp3) is 0.286. The van der Waals surface area contributed by atoms with Gasteiger partial charge in [0.2, 0.25) is 11.8 Å². The molecule has 1 fully saturated rings. The standard InChI is InChI=1S/C21H21F2N5O2S/c1-2-27(13-6-4-3-5-7-13)18(29)12-31-21-25-19-15(11-24-26-19)20(30)28(21)14-8-9-16(22)17(23)10-14/h3-10,15,19,24,26H,2,11-12H2,1H3. The smallest absolute Gasteiger partial charge is 0.241 e. The van der Waals surface area contributed by atoms with Gasteiger partial charge in [-0.2, -0.15) is 0 Å². The number of hydrogen-bond donors (Lipinski definition) is 2. The highest BCUT2D eigenvalue weighted by atomic mass is 32.2. The number of para-hydroxylation sites is 1. The summed E-state index contributed by atoms with van der Waals surface area (Å²) in [7, 11) is 0. The van der Waals surface area contributed by atoms with E-state index in [-0.39, 0.29) is 28.4 Å². The minimum atomic E-state index is -1.06. The van der Waals surface area contributed by atoms with Crippen LogP contribution < -0.4 is 20.7 Å². The molecule has 2 unspecified atom stereocenters. The van der Waals surface area contributed by atoms with Crippen LogP contribution in [0.5, 0.6) is 0 Å². The van der Waals surface area contributed by atoms with Crippen molar-refractivity contribution < 1.29 is 18.4 Å². The van der Waals surface area contributed by atoms with Crippen molar-refractivity contribution in [2.24, 2.45) is 10.9 Å². The number of halogens is 2. The molecule has 31 heavy (non-hydrogen) atoms. The first-order chi connectivity index (χ1) is 15.0. The lowest BCUT2D eigenvalue weighted by molar-refractivity contribution is -0.121. The average Bonchev–Trinajstić information content (AvgIpc) is 3.25. The van der Waals surface area contributed by atoms with Crippen LogP contribution in [0.25, 0.3) is 0 Å². The molecule has 2 aliphatic heterocycles. The fourth-order valence-electron chi connectivity index (χ4n) is 3.55. The monoisotopic (exact) mass is 445 g/mol. The Kier molecular flexibility index (Phi) is 6.30. The zero-order valence-corrected chi connectivity index (χ0v) is 17.5. The van der Waals surface area contributed by atoms with Gasteiger partial charge in [-0.3, -0.25) is 19.9 Å². The second kappa shape index (κ2) is 9.13. The largest absolute Gasteiger partial charge is 0.312 e. The summed E-state index contributed by atoms with van der Waals surface area (Å²) in [6.07, 6.45) is -0.483. The number of nitrogens with one attached hydrogen (secondary N) is 2. The molecule has 2 aromatic carbocycles. The molecule has 0 spiro atoms. The molecule has 2 atom stereocenters. The number of benzene rings is 2. The van der Waals surface area contributed by atoms with Gasteiger partial charge in [0.1, 0.15) is 6.17 Å². The summed E-state index contributed by atoms with van der Waals surface area (Å²) in [6.45, 7) is 2.73. The Hall–Kier alpha value is -2.82. The Bertz CT molecular complexity index is 1020. The van der Waals surface area contributed by atoms with Crippen LogP contribution in [-0.4, -0.2) is 42.0 Å². The normalized spacial score (nSPS) is 20.4. The van der Waals surface area contributed by atoms with E-state index in [1.165, 1.54) is 11.0 Å². The maximum Gasteiger partial charge on any atom is 0.241 e. The molecule has 0 aromatic heterocycles. The predicted octanol–water partition coefficient (Wildman–Crippen LogP) is 2.50. The summed E-state index contributed by atoms with van der Waals surface area (Å²) in [6, 6.07) is 12.5. The Morgan fingerprint density at radius 1 is 1.23 bits per heavy atom. The number of carbonyl (C=O) groups excluding carboxylic acids is 2. The molecular weight excluding hydrogens is 424 g/mol. The Labute approximate surface area is 182 Å². The summed E-state index contributed by atoms with van der Waals surface area (Å²) in [5, 5.41) is 0.255. The van der Waals surface area contributed by atoms with Crippen molar-refractivity contribution >= 4 is 40.1 Å². The van der Waals surface area contributed by atoms with E-state index in [0.717, 1.165) is 29.6 Å². The van der Waals surface area contributed by atoms with Gasteiger partial charge in [-0.1, -0.05) is 30.0 Å². The first-order valence-corrected chi connectivity index (χ1v) is 10.8. The van der Waals surface area contributed by atoms with E-state index in [0.29, 0.717) is 13.1 Å². The molecule has 0 aliphatic carbocycles. The van der Waals surface area contributed by atoms with Crippen LogP contribution in [0.4, 0.5) is 20.2 Å². The van der Waals surface area contributed by atoms with Gasteiger partial charge in [-0.25, -0.2) is 19.2 Å². The number of anilines is 2. The van der Waals surface area contributed by atoms with Crippen molar-refractivity contribution in [2.45, 2.75) is 13.1 Å². The highest BCUT2D eigenvalue weighted by Crippen LogP contribution is 2.30. The lowest BCUT2D eigenvalue weighted by Gasteiger charge is -2.32. The van der Waals surface area contributed by atoms with Gasteiger partial charge in [-0.15, -0.1) is 0 Å². The summed E-state index contributed by atoms with van der Waals surface area (Å²) >= 11 is 1.09. The van der Waals surface area contributed by atoms with Crippen molar-refractivity contribution in [3.8, 4) is 0 Å². The number of nitrogens with zero attached hydrogens (tertiary/aromatic N) is 3. The zero-order chi connectivity index (χ0) is 22.0. The highest BCUT2D eigenvalue weighted by molar-refractivity contribution is 8.14. The van der Waals surface area contributed by atoms with Gasteiger partial charge >= 0.3 is 0 Å². The quantitative estimate of drug-likeness (QED) is 0.740. The molecule has 0 saturated carbocycles. The maximum absolute atomic E-state index is 13.9. The molecule has 162 valence electrons. The summed E-state index contributed by atoms with van der Waals surface area (Å²) in [5.74, 6) is -2.97. The van der Waals surface area contributed by atoms with Crippen molar-refractivity contribution in [1.82, 2.24) is 10.9 Å². The minimum Gasteiger partial charge on any atom is -0.312 e. The first kappa shape index (κ1) is 21.4. The second-order valence-corrected chi connectivity index (χ2v) is 7.97. The van der Waals surface area contributed by atoms with Gasteiger partial charge in [0.25, 0.3) is 0 Å². The van der Waals surface area contributed by atoms with E-state index in [9.17, 15) is 18.4 Å². The number of fused-ring (bicyclic) bond motifs is 1. The van der Waals surface area contributed by atoms with Crippen molar-refractivity contribution in [3.05, 3.63) is 60.2 Å². The molecule has 10 heteroatoms. The van der Waals surface area contributed by atoms with Crippen LogP contribution in [0.1, 0.15) is 6.92 Å². The molecule has 7 nitrogen and oxygen atoms in total. The first-order valence-electron chi connectivity index (χ1n) is 9.83. The van der Waals surface area contributed by atoms with E-state index >= 15 is 0 Å². The third kappa shape index (κ3) is 4.32. The molecule has 2 aliphatic rings. The van der Waals surface area contributed by atoms with Gasteiger partial charge in [0.05, 0.1) is 17.4 Å². The van der Waals surface area contributed by atoms with Gasteiger partial charge in [0, 0.05) is 24.8 Å². The van der Waals surface area contributed by atoms with Gasteiger partial charge in [0.15, 0.2) is 16.8 Å². The SMILES string of the molecule is CCN(C(=O)CSC1=NC2NNCC2C(=O)N1c1ccc(F)c(F)c1)c1ccccc1. The third-order valence-corrected chi connectivity index (χ3v) is 6.04. The summed E-state index contributed by atoms with van der Waals surface area (Å²) < 4.78 is 27.3. The Morgan fingerprint density at radius 3 is 2.71 bits per heavy atom. The number of amides is 2. The van der Waals surface area contributed by atoms with Crippen LogP contribution >= 0.6 is 11.8 Å². The van der Waals surface area contributed by atoms with Gasteiger partial charge in [-0.05, 0) is 31.2 Å².